The van der Waals surface area contributed by atoms with Crippen molar-refractivity contribution >= 4 is 38.9 Å². The summed E-state index contributed by atoms with van der Waals surface area (Å²) in [5, 5.41) is 2.17. The summed E-state index contributed by atoms with van der Waals surface area (Å²) in [4.78, 5) is 12.1. The first-order valence-corrected chi connectivity index (χ1v) is 12.6. The van der Waals surface area contributed by atoms with Crippen molar-refractivity contribution in [3.63, 3.8) is 0 Å². The van der Waals surface area contributed by atoms with Gasteiger partial charge in [-0.05, 0) is 65.9 Å². The molecule has 0 aliphatic heterocycles. The van der Waals surface area contributed by atoms with Crippen molar-refractivity contribution in [2.24, 2.45) is 0 Å². The minimum atomic E-state index is -4.73. The Morgan fingerprint density at radius 3 is 2.11 bits per heavy atom. The van der Waals surface area contributed by atoms with Gasteiger partial charge < -0.3 is 5.32 Å². The third-order valence-electron chi connectivity index (χ3n) is 5.26. The first-order valence-electron chi connectivity index (χ1n) is 10.7. The number of carbonyl (C=O) groups is 1. The van der Waals surface area contributed by atoms with Crippen LogP contribution in [0.4, 0.5) is 24.5 Å². The smallest absolute Gasteiger partial charge is 0.326 e. The molecule has 186 valence electrons. The molecular formula is C25H24ClF3N2O3S. The Bertz CT molecular complexity index is 1290. The van der Waals surface area contributed by atoms with Crippen LogP contribution >= 0.6 is 11.6 Å². The van der Waals surface area contributed by atoms with Crippen LogP contribution in [0.25, 0.3) is 0 Å². The van der Waals surface area contributed by atoms with Gasteiger partial charge in [0.15, 0.2) is 0 Å². The maximum absolute atomic E-state index is 13.0. The van der Waals surface area contributed by atoms with Crippen LogP contribution in [-0.2, 0) is 27.4 Å². The second-order valence-corrected chi connectivity index (χ2v) is 10.4. The number of hydrogen-bond donors (Lipinski definition) is 2. The van der Waals surface area contributed by atoms with Crippen LogP contribution in [0.3, 0.4) is 0 Å². The van der Waals surface area contributed by atoms with E-state index in [1.807, 2.05) is 24.3 Å². The maximum Gasteiger partial charge on any atom is 0.417 e. The highest BCUT2D eigenvalue weighted by atomic mass is 35.5. The molecule has 3 aromatic carbocycles. The van der Waals surface area contributed by atoms with E-state index in [-0.39, 0.29) is 22.9 Å². The molecule has 0 spiro atoms. The molecule has 0 saturated carbocycles. The average Bonchev–Trinajstić information content (AvgIpc) is 2.78. The van der Waals surface area contributed by atoms with Gasteiger partial charge >= 0.3 is 6.18 Å². The molecule has 2 N–H and O–H groups in total. The first-order chi connectivity index (χ1) is 16.3. The zero-order chi connectivity index (χ0) is 25.8. The lowest BCUT2D eigenvalue weighted by molar-refractivity contribution is -0.137. The molecule has 0 fully saturated rings. The van der Waals surface area contributed by atoms with Gasteiger partial charge in [-0.3, -0.25) is 9.52 Å². The third kappa shape index (κ3) is 7.22. The average molecular weight is 525 g/mol. The molecule has 0 bridgehead atoms. The topological polar surface area (TPSA) is 75.3 Å². The van der Waals surface area contributed by atoms with Gasteiger partial charge in [0.25, 0.3) is 10.0 Å². The Balaban J connectivity index is 1.61. The number of halogens is 4. The fourth-order valence-electron chi connectivity index (χ4n) is 3.29. The molecule has 0 aliphatic rings. The number of anilines is 2. The van der Waals surface area contributed by atoms with Crippen molar-refractivity contribution in [2.45, 2.75) is 43.7 Å². The largest absolute Gasteiger partial charge is 0.417 e. The van der Waals surface area contributed by atoms with Gasteiger partial charge in [0, 0.05) is 17.8 Å². The molecule has 5 nitrogen and oxygen atoms in total. The van der Waals surface area contributed by atoms with Gasteiger partial charge in [0.1, 0.15) is 0 Å². The molecule has 35 heavy (non-hydrogen) atoms. The lowest BCUT2D eigenvalue weighted by atomic mass is 10.0. The van der Waals surface area contributed by atoms with E-state index in [1.165, 1.54) is 29.8 Å². The maximum atomic E-state index is 13.0. The second kappa shape index (κ2) is 10.7. The van der Waals surface area contributed by atoms with Crippen LogP contribution in [-0.4, -0.2) is 14.3 Å². The summed E-state index contributed by atoms with van der Waals surface area (Å²) in [7, 11) is -4.16. The van der Waals surface area contributed by atoms with Gasteiger partial charge in [0.2, 0.25) is 5.91 Å². The summed E-state index contributed by atoms with van der Waals surface area (Å²) in [6.45, 7) is 4.22. The van der Waals surface area contributed by atoms with Gasteiger partial charge in [-0.1, -0.05) is 49.7 Å². The van der Waals surface area contributed by atoms with Gasteiger partial charge in [-0.25, -0.2) is 8.42 Å². The molecule has 0 saturated heterocycles. The van der Waals surface area contributed by atoms with Crippen LogP contribution in [0.15, 0.2) is 71.6 Å². The monoisotopic (exact) mass is 524 g/mol. The second-order valence-electron chi connectivity index (χ2n) is 8.27. The van der Waals surface area contributed by atoms with Crippen LogP contribution in [0, 0.1) is 0 Å². The number of aryl methyl sites for hydroxylation is 1. The van der Waals surface area contributed by atoms with Crippen LogP contribution in [0.5, 0.6) is 0 Å². The summed E-state index contributed by atoms with van der Waals surface area (Å²) >= 11 is 5.57. The molecule has 0 radical (unpaired) electrons. The lowest BCUT2D eigenvalue weighted by Crippen LogP contribution is -2.15. The Hall–Kier alpha value is -3.04. The summed E-state index contributed by atoms with van der Waals surface area (Å²) in [5.74, 6) is 0.199. The van der Waals surface area contributed by atoms with Crippen LogP contribution in [0.1, 0.15) is 42.9 Å². The standard InChI is InChI=1S/C25H24ClF3N2O3S/c1-16(2)18-6-3-17(4-7-18)5-14-24(32)30-19-8-11-21(12-9-19)35(33,34)31-20-10-13-23(26)22(15-20)25(27,28)29/h3-4,6-13,15-16,31H,5,14H2,1-2H3,(H,30,32). The van der Waals surface area contributed by atoms with E-state index < -0.39 is 26.8 Å². The Labute approximate surface area is 207 Å². The van der Waals surface area contributed by atoms with E-state index in [2.05, 4.69) is 23.9 Å². The number of hydrogen-bond acceptors (Lipinski definition) is 3. The predicted octanol–water partition coefficient (Wildman–Crippen LogP) is 6.85. The van der Waals surface area contributed by atoms with Gasteiger partial charge in [0.05, 0.1) is 15.5 Å². The fourth-order valence-corrected chi connectivity index (χ4v) is 4.56. The Morgan fingerprint density at radius 1 is 0.943 bits per heavy atom. The third-order valence-corrected chi connectivity index (χ3v) is 6.99. The predicted molar refractivity (Wildman–Crippen MR) is 131 cm³/mol. The molecule has 0 aromatic heterocycles. The molecule has 10 heteroatoms. The summed E-state index contributed by atoms with van der Waals surface area (Å²) < 4.78 is 66.4. The SMILES string of the molecule is CC(C)c1ccc(CCC(=O)Nc2ccc(S(=O)(=O)Nc3ccc(Cl)c(C(F)(F)F)c3)cc2)cc1. The number of benzene rings is 3. The normalized spacial score (nSPS) is 12.0. The van der Waals surface area contributed by atoms with Gasteiger partial charge in [-0.15, -0.1) is 0 Å². The molecule has 0 unspecified atom stereocenters. The van der Waals surface area contributed by atoms with E-state index in [9.17, 15) is 26.4 Å². The van der Waals surface area contributed by atoms with Crippen molar-refractivity contribution in [1.82, 2.24) is 0 Å². The number of carbonyl (C=O) groups excluding carboxylic acids is 1. The van der Waals surface area contributed by atoms with Crippen molar-refractivity contribution < 1.29 is 26.4 Å². The van der Waals surface area contributed by atoms with E-state index >= 15 is 0 Å². The molecule has 0 atom stereocenters. The fraction of sp³-hybridized carbons (Fsp3) is 0.240. The van der Waals surface area contributed by atoms with E-state index in [0.29, 0.717) is 24.1 Å². The van der Waals surface area contributed by atoms with Crippen LogP contribution < -0.4 is 10.0 Å². The summed E-state index contributed by atoms with van der Waals surface area (Å²) in [5.41, 5.74) is 1.23. The number of nitrogens with one attached hydrogen (secondary N) is 2. The molecule has 0 aliphatic carbocycles. The highest BCUT2D eigenvalue weighted by Crippen LogP contribution is 2.36. The summed E-state index contributed by atoms with van der Waals surface area (Å²) in [6, 6.07) is 16.1. The molecule has 1 amide bonds. The zero-order valence-corrected chi connectivity index (χ0v) is 20.6. The van der Waals surface area contributed by atoms with Crippen molar-refractivity contribution in [3.8, 4) is 0 Å². The Morgan fingerprint density at radius 2 is 1.54 bits per heavy atom. The molecule has 0 heterocycles. The van der Waals surface area contributed by atoms with Crippen molar-refractivity contribution in [1.29, 1.82) is 0 Å². The van der Waals surface area contributed by atoms with Crippen LogP contribution in [0.2, 0.25) is 5.02 Å². The van der Waals surface area contributed by atoms with Gasteiger partial charge in [-0.2, -0.15) is 13.2 Å². The number of alkyl halides is 3. The van der Waals surface area contributed by atoms with E-state index in [4.69, 9.17) is 11.6 Å². The minimum Gasteiger partial charge on any atom is -0.326 e. The number of sulfonamides is 1. The minimum absolute atomic E-state index is 0.177. The first kappa shape index (κ1) is 26.6. The van der Waals surface area contributed by atoms with E-state index in [1.54, 1.807) is 0 Å². The number of amides is 1. The van der Waals surface area contributed by atoms with E-state index in [0.717, 1.165) is 17.7 Å². The highest BCUT2D eigenvalue weighted by Gasteiger charge is 2.33. The van der Waals surface area contributed by atoms with Crippen molar-refractivity contribution in [2.75, 3.05) is 10.0 Å². The molecule has 3 rings (SSSR count). The highest BCUT2D eigenvalue weighted by molar-refractivity contribution is 7.92. The Kier molecular flexibility index (Phi) is 8.12. The summed E-state index contributed by atoms with van der Waals surface area (Å²) in [6.07, 6.45) is -3.92. The molecule has 3 aromatic rings. The number of rotatable bonds is 8. The lowest BCUT2D eigenvalue weighted by Gasteiger charge is -2.13. The molecular weight excluding hydrogens is 501 g/mol. The quantitative estimate of drug-likeness (QED) is 0.338. The zero-order valence-electron chi connectivity index (χ0n) is 19.0. The van der Waals surface area contributed by atoms with Crippen molar-refractivity contribution in [3.05, 3.63) is 88.4 Å².